The molecule has 0 aliphatic carbocycles. The Kier molecular flexibility index (Phi) is 4.64. The number of carbonyl (C=O) groups excluding carboxylic acids is 1. The molecule has 1 atom stereocenters. The van der Waals surface area contributed by atoms with E-state index in [1.54, 1.807) is 19.1 Å². The molecule has 0 bridgehead atoms. The molecule has 1 aliphatic rings. The molecule has 1 unspecified atom stereocenters. The quantitative estimate of drug-likeness (QED) is 0.742. The van der Waals surface area contributed by atoms with Crippen LogP contribution in [0.5, 0.6) is 0 Å². The molecule has 1 aromatic rings. The maximum Gasteiger partial charge on any atom is 0.211 e. The van der Waals surface area contributed by atoms with Crippen LogP contribution in [-0.2, 0) is 10.3 Å². The Morgan fingerprint density at radius 1 is 1.62 bits per heavy atom. The van der Waals surface area contributed by atoms with E-state index in [-0.39, 0.29) is 6.61 Å². The van der Waals surface area contributed by atoms with Gasteiger partial charge in [-0.2, -0.15) is 0 Å². The Hall–Kier alpha value is -1.86. The molecule has 5 nitrogen and oxygen atoms in total. The van der Waals surface area contributed by atoms with Gasteiger partial charge in [-0.1, -0.05) is 11.8 Å². The molecule has 0 radical (unpaired) electrons. The van der Waals surface area contributed by atoms with E-state index in [2.05, 4.69) is 10.3 Å². The summed E-state index contributed by atoms with van der Waals surface area (Å²) < 4.78 is 14.2. The highest BCUT2D eigenvalue weighted by molar-refractivity contribution is 8.17. The number of aliphatic hydroxyl groups is 1. The van der Waals surface area contributed by atoms with Crippen molar-refractivity contribution in [1.29, 1.82) is 0 Å². The Balaban J connectivity index is 2.47. The Bertz CT molecular complexity index is 618. The zero-order valence-electron chi connectivity index (χ0n) is 11.5. The van der Waals surface area contributed by atoms with Gasteiger partial charge in [0.1, 0.15) is 5.82 Å². The van der Waals surface area contributed by atoms with E-state index in [0.717, 1.165) is 4.91 Å². The van der Waals surface area contributed by atoms with Gasteiger partial charge in [-0.3, -0.25) is 9.79 Å². The minimum Gasteiger partial charge on any atom is -0.392 e. The number of amides is 1. The standard InChI is InChI=1S/C14H16FN3O2S/c1-14(7-10(4-5-19)21-13(16)18-14)11-6-9(17-8-20)2-3-12(11)15/h2-4,6,8,19H,5,7H2,1H3,(H2,16,18)(H,17,20)/b10-4-. The second kappa shape index (κ2) is 6.28. The molecule has 0 spiro atoms. The minimum absolute atomic E-state index is 0.110. The zero-order valence-corrected chi connectivity index (χ0v) is 12.3. The number of anilines is 1. The third kappa shape index (κ3) is 3.43. The van der Waals surface area contributed by atoms with Crippen LogP contribution in [0, 0.1) is 5.82 Å². The Morgan fingerprint density at radius 2 is 2.38 bits per heavy atom. The maximum absolute atomic E-state index is 14.2. The summed E-state index contributed by atoms with van der Waals surface area (Å²) in [5, 5.41) is 11.8. The van der Waals surface area contributed by atoms with Gasteiger partial charge in [-0.25, -0.2) is 4.39 Å². The van der Waals surface area contributed by atoms with Crippen LogP contribution < -0.4 is 11.1 Å². The number of thioether (sulfide) groups is 1. The first-order valence-corrected chi connectivity index (χ1v) is 7.13. The first-order chi connectivity index (χ1) is 9.98. The maximum atomic E-state index is 14.2. The van der Waals surface area contributed by atoms with E-state index in [4.69, 9.17) is 10.8 Å². The van der Waals surface area contributed by atoms with Crippen molar-refractivity contribution in [2.45, 2.75) is 18.9 Å². The lowest BCUT2D eigenvalue weighted by molar-refractivity contribution is -0.105. The van der Waals surface area contributed by atoms with E-state index in [0.29, 0.717) is 29.2 Å². The molecule has 4 N–H and O–H groups in total. The number of nitrogens with two attached hydrogens (primary N) is 1. The number of aliphatic hydroxyl groups excluding tert-OH is 1. The Labute approximate surface area is 126 Å². The van der Waals surface area contributed by atoms with E-state index in [1.807, 2.05) is 0 Å². The van der Waals surface area contributed by atoms with Gasteiger partial charge in [0.2, 0.25) is 6.41 Å². The van der Waals surface area contributed by atoms with Crippen LogP contribution in [0.2, 0.25) is 0 Å². The molecule has 0 saturated heterocycles. The third-order valence-electron chi connectivity index (χ3n) is 3.20. The molecule has 0 aromatic heterocycles. The van der Waals surface area contributed by atoms with Crippen molar-refractivity contribution in [3.8, 4) is 0 Å². The molecular weight excluding hydrogens is 293 g/mol. The average Bonchev–Trinajstić information content (AvgIpc) is 2.40. The van der Waals surface area contributed by atoms with Crippen LogP contribution in [0.3, 0.4) is 0 Å². The first kappa shape index (κ1) is 15.5. The lowest BCUT2D eigenvalue weighted by Crippen LogP contribution is -2.29. The summed E-state index contributed by atoms with van der Waals surface area (Å²) in [4.78, 5) is 15.7. The lowest BCUT2D eigenvalue weighted by Gasteiger charge is -2.31. The van der Waals surface area contributed by atoms with Gasteiger partial charge >= 0.3 is 0 Å². The molecule has 1 aromatic carbocycles. The van der Waals surface area contributed by atoms with Crippen molar-refractivity contribution in [3.63, 3.8) is 0 Å². The Morgan fingerprint density at radius 3 is 3.05 bits per heavy atom. The topological polar surface area (TPSA) is 87.7 Å². The molecule has 0 saturated carbocycles. The van der Waals surface area contributed by atoms with E-state index >= 15 is 0 Å². The first-order valence-electron chi connectivity index (χ1n) is 6.32. The van der Waals surface area contributed by atoms with Crippen molar-refractivity contribution >= 4 is 29.0 Å². The summed E-state index contributed by atoms with van der Waals surface area (Å²) in [5.74, 6) is -0.416. The molecule has 0 fully saturated rings. The van der Waals surface area contributed by atoms with Gasteiger partial charge in [-0.15, -0.1) is 0 Å². The van der Waals surface area contributed by atoms with Crippen LogP contribution in [0.25, 0.3) is 0 Å². The van der Waals surface area contributed by atoms with Crippen molar-refractivity contribution in [3.05, 3.63) is 40.6 Å². The summed E-state index contributed by atoms with van der Waals surface area (Å²) >= 11 is 1.26. The van der Waals surface area contributed by atoms with Gasteiger partial charge in [-0.05, 0) is 36.1 Å². The highest BCUT2D eigenvalue weighted by Gasteiger charge is 2.34. The number of halogens is 1. The van der Waals surface area contributed by atoms with Crippen LogP contribution in [0.4, 0.5) is 10.1 Å². The predicted molar refractivity (Wildman–Crippen MR) is 82.4 cm³/mol. The van der Waals surface area contributed by atoms with E-state index < -0.39 is 11.4 Å². The largest absolute Gasteiger partial charge is 0.392 e. The highest BCUT2D eigenvalue weighted by Crippen LogP contribution is 2.42. The van der Waals surface area contributed by atoms with E-state index in [1.165, 1.54) is 23.9 Å². The normalized spacial score (nSPS) is 23.8. The summed E-state index contributed by atoms with van der Waals surface area (Å²) in [6, 6.07) is 4.31. The van der Waals surface area contributed by atoms with E-state index in [9.17, 15) is 9.18 Å². The average molecular weight is 309 g/mol. The van der Waals surface area contributed by atoms with Crippen molar-refractivity contribution in [2.24, 2.45) is 10.7 Å². The molecule has 1 heterocycles. The second-order valence-corrected chi connectivity index (χ2v) is 5.96. The third-order valence-corrected chi connectivity index (χ3v) is 4.08. The zero-order chi connectivity index (χ0) is 15.5. The van der Waals surface area contributed by atoms with Crippen molar-refractivity contribution in [1.82, 2.24) is 0 Å². The summed E-state index contributed by atoms with van der Waals surface area (Å²) in [6.07, 6.45) is 2.60. The van der Waals surface area contributed by atoms with Gasteiger partial charge in [0.15, 0.2) is 5.17 Å². The molecule has 112 valence electrons. The highest BCUT2D eigenvalue weighted by atomic mass is 32.2. The smallest absolute Gasteiger partial charge is 0.211 e. The molecular formula is C14H16FN3O2S. The molecule has 1 amide bonds. The number of hydrogen-bond donors (Lipinski definition) is 3. The SMILES string of the molecule is CC1(c2cc(NC=O)ccc2F)C/C(=C/CO)SC(N)=N1. The molecule has 2 rings (SSSR count). The van der Waals surface area contributed by atoms with Crippen LogP contribution in [-0.4, -0.2) is 23.3 Å². The number of nitrogens with zero attached hydrogens (tertiary/aromatic N) is 1. The predicted octanol–water partition coefficient (Wildman–Crippen LogP) is 1.94. The molecule has 1 aliphatic heterocycles. The van der Waals surface area contributed by atoms with Crippen LogP contribution in [0.1, 0.15) is 18.9 Å². The number of amidine groups is 1. The number of aliphatic imine (C=N–C) groups is 1. The van der Waals surface area contributed by atoms with Crippen molar-refractivity contribution in [2.75, 3.05) is 11.9 Å². The monoisotopic (exact) mass is 309 g/mol. The van der Waals surface area contributed by atoms with Gasteiger partial charge < -0.3 is 16.2 Å². The number of rotatable bonds is 4. The minimum atomic E-state index is -0.874. The number of benzene rings is 1. The van der Waals surface area contributed by atoms with Gasteiger partial charge in [0.25, 0.3) is 0 Å². The van der Waals surface area contributed by atoms with Crippen LogP contribution >= 0.6 is 11.8 Å². The number of hydrogen-bond acceptors (Lipinski definition) is 5. The fourth-order valence-electron chi connectivity index (χ4n) is 2.28. The molecule has 21 heavy (non-hydrogen) atoms. The lowest BCUT2D eigenvalue weighted by atomic mass is 9.88. The number of nitrogens with one attached hydrogen (secondary N) is 1. The summed E-state index contributed by atoms with van der Waals surface area (Å²) in [6.45, 7) is 1.66. The second-order valence-electron chi connectivity index (χ2n) is 4.81. The fraction of sp³-hybridized carbons (Fsp3) is 0.286. The molecule has 7 heteroatoms. The van der Waals surface area contributed by atoms with Gasteiger partial charge in [0, 0.05) is 17.7 Å². The van der Waals surface area contributed by atoms with Gasteiger partial charge in [0.05, 0.1) is 12.1 Å². The van der Waals surface area contributed by atoms with Crippen LogP contribution in [0.15, 0.2) is 34.2 Å². The number of carbonyl (C=O) groups is 1. The summed E-state index contributed by atoms with van der Waals surface area (Å²) in [5.41, 5.74) is 5.77. The summed E-state index contributed by atoms with van der Waals surface area (Å²) in [7, 11) is 0. The fourth-order valence-corrected chi connectivity index (χ4v) is 3.31. The van der Waals surface area contributed by atoms with Crippen molar-refractivity contribution < 1.29 is 14.3 Å².